The Labute approximate surface area is 84.6 Å². The molecule has 70 valence electrons. The molecule has 4 rings (SSSR count). The smallest absolute Gasteiger partial charge is 0.138 e. The van der Waals surface area contributed by atoms with Crippen LogP contribution in [0.1, 0.15) is 0 Å². The largest absolute Gasteiger partial charge is 0.298 e. The van der Waals surface area contributed by atoms with Gasteiger partial charge in [0, 0.05) is 6.20 Å². The van der Waals surface area contributed by atoms with Crippen molar-refractivity contribution in [1.82, 2.24) is 9.38 Å². The third-order valence-corrected chi connectivity index (χ3v) is 2.70. The summed E-state index contributed by atoms with van der Waals surface area (Å²) in [6.45, 7) is 0. The summed E-state index contributed by atoms with van der Waals surface area (Å²) >= 11 is 0. The molecule has 4 nitrogen and oxygen atoms in total. The van der Waals surface area contributed by atoms with E-state index in [4.69, 9.17) is 0 Å². The van der Waals surface area contributed by atoms with Crippen molar-refractivity contribution in [1.29, 1.82) is 0 Å². The number of hydrogen-bond donors (Lipinski definition) is 0. The first-order valence-corrected chi connectivity index (χ1v) is 4.73. The van der Waals surface area contributed by atoms with Gasteiger partial charge in [-0.15, -0.1) is 0 Å². The number of fused-ring (bicyclic) bond motifs is 5. The summed E-state index contributed by atoms with van der Waals surface area (Å²) in [5.41, 5.74) is 3.90. The van der Waals surface area contributed by atoms with Crippen LogP contribution in [-0.4, -0.2) is 15.7 Å². The lowest BCUT2D eigenvalue weighted by Crippen LogP contribution is -1.97. The number of hydrogen-bond acceptors (Lipinski definition) is 3. The van der Waals surface area contributed by atoms with Crippen LogP contribution >= 0.6 is 0 Å². The number of aromatic nitrogens is 2. The van der Waals surface area contributed by atoms with Crippen LogP contribution < -0.4 is 5.36 Å². The second kappa shape index (κ2) is 2.23. The van der Waals surface area contributed by atoms with Crippen LogP contribution in [-0.2, 0) is 0 Å². The first kappa shape index (κ1) is 7.11. The van der Waals surface area contributed by atoms with Gasteiger partial charge in [0.1, 0.15) is 23.2 Å². The van der Waals surface area contributed by atoms with E-state index in [1.165, 1.54) is 0 Å². The lowest BCUT2D eigenvalue weighted by molar-refractivity contribution is 1.27. The zero-order valence-corrected chi connectivity index (χ0v) is 7.75. The molecule has 0 radical (unpaired) electrons. The van der Waals surface area contributed by atoms with Crippen molar-refractivity contribution < 1.29 is 0 Å². The highest BCUT2D eigenvalue weighted by molar-refractivity contribution is 5.92. The average Bonchev–Trinajstić information content (AvgIpc) is 2.89. The molecule has 4 heteroatoms. The molecule has 0 N–H and O–H groups in total. The van der Waals surface area contributed by atoms with E-state index in [1.54, 1.807) is 6.34 Å². The first-order chi connectivity index (χ1) is 7.43. The fraction of sp³-hybridized carbons (Fsp3) is 0. The van der Waals surface area contributed by atoms with E-state index in [0.717, 1.165) is 27.7 Å². The second-order valence-electron chi connectivity index (χ2n) is 3.52. The number of imidazole rings is 1. The summed E-state index contributed by atoms with van der Waals surface area (Å²) in [6.07, 6.45) is 3.59. The van der Waals surface area contributed by atoms with Crippen molar-refractivity contribution in [3.8, 4) is 0 Å². The fourth-order valence-corrected chi connectivity index (χ4v) is 2.04. The normalized spacial score (nSPS) is 13.6. The predicted octanol–water partition coefficient (Wildman–Crippen LogP) is 1.50. The molecule has 0 saturated heterocycles. The van der Waals surface area contributed by atoms with E-state index in [2.05, 4.69) is 15.0 Å². The molecule has 2 aromatic heterocycles. The van der Waals surface area contributed by atoms with Crippen molar-refractivity contribution >= 4 is 28.7 Å². The zero-order valence-electron chi connectivity index (χ0n) is 7.75. The second-order valence-corrected chi connectivity index (χ2v) is 3.52. The van der Waals surface area contributed by atoms with E-state index < -0.39 is 0 Å². The van der Waals surface area contributed by atoms with Gasteiger partial charge in [0.25, 0.3) is 0 Å². The van der Waals surface area contributed by atoms with Crippen LogP contribution in [0.15, 0.2) is 40.4 Å². The van der Waals surface area contributed by atoms with Gasteiger partial charge in [-0.2, -0.15) is 0 Å². The number of rotatable bonds is 0. The summed E-state index contributed by atoms with van der Waals surface area (Å²) < 4.78 is 2.05. The third kappa shape index (κ3) is 0.747. The van der Waals surface area contributed by atoms with Gasteiger partial charge in [-0.3, -0.25) is 4.40 Å². The summed E-state index contributed by atoms with van der Waals surface area (Å²) in [5.74, 6) is 0. The molecule has 0 saturated carbocycles. The van der Waals surface area contributed by atoms with E-state index in [9.17, 15) is 0 Å². The van der Waals surface area contributed by atoms with Crippen molar-refractivity contribution in [2.24, 2.45) is 9.98 Å². The van der Waals surface area contributed by atoms with Crippen LogP contribution in [0.25, 0.3) is 16.7 Å². The van der Waals surface area contributed by atoms with Gasteiger partial charge < -0.3 is 0 Å². The molecule has 15 heavy (non-hydrogen) atoms. The van der Waals surface area contributed by atoms with Crippen LogP contribution in [0.5, 0.6) is 0 Å². The third-order valence-electron chi connectivity index (χ3n) is 2.70. The Morgan fingerprint density at radius 3 is 3.13 bits per heavy atom. The quantitative estimate of drug-likeness (QED) is 0.534. The lowest BCUT2D eigenvalue weighted by Gasteiger charge is -1.93. The van der Waals surface area contributed by atoms with Crippen LogP contribution in [0.3, 0.4) is 0 Å². The molecule has 1 aliphatic heterocycles. The fourth-order valence-electron chi connectivity index (χ4n) is 2.04. The minimum atomic E-state index is 0.922. The molecule has 3 heterocycles. The van der Waals surface area contributed by atoms with Crippen LogP contribution in [0.2, 0.25) is 0 Å². The topological polar surface area (TPSA) is 42.0 Å². The highest BCUT2D eigenvalue weighted by Gasteiger charge is 2.12. The Morgan fingerprint density at radius 2 is 2.13 bits per heavy atom. The van der Waals surface area contributed by atoms with Crippen molar-refractivity contribution in [2.75, 3.05) is 0 Å². The molecule has 0 bridgehead atoms. The van der Waals surface area contributed by atoms with Gasteiger partial charge in [-0.25, -0.2) is 15.0 Å². The Kier molecular flexibility index (Phi) is 1.06. The zero-order chi connectivity index (χ0) is 9.83. The first-order valence-electron chi connectivity index (χ1n) is 4.73. The Balaban J connectivity index is 2.41. The van der Waals surface area contributed by atoms with E-state index in [-0.39, 0.29) is 0 Å². The maximum Gasteiger partial charge on any atom is 0.138 e. The van der Waals surface area contributed by atoms with Crippen molar-refractivity contribution in [2.45, 2.75) is 0 Å². The maximum atomic E-state index is 4.50. The monoisotopic (exact) mass is 194 g/mol. The molecule has 1 aromatic carbocycles. The van der Waals surface area contributed by atoms with Crippen molar-refractivity contribution in [3.05, 3.63) is 35.8 Å². The molecule has 0 spiro atoms. The Hall–Kier alpha value is -2.23. The lowest BCUT2D eigenvalue weighted by atomic mass is 10.2. The number of aliphatic imine (C=N–C) groups is 1. The molecular weight excluding hydrogens is 188 g/mol. The van der Waals surface area contributed by atoms with E-state index in [1.807, 2.05) is 34.9 Å². The van der Waals surface area contributed by atoms with Gasteiger partial charge in [0.15, 0.2) is 0 Å². The average molecular weight is 194 g/mol. The molecule has 0 atom stereocenters. The van der Waals surface area contributed by atoms with Gasteiger partial charge in [-0.1, -0.05) is 0 Å². The summed E-state index contributed by atoms with van der Waals surface area (Å²) in [7, 11) is 0. The van der Waals surface area contributed by atoms with Gasteiger partial charge >= 0.3 is 0 Å². The highest BCUT2D eigenvalue weighted by Crippen LogP contribution is 2.24. The van der Waals surface area contributed by atoms with Gasteiger partial charge in [0.05, 0.1) is 10.9 Å². The summed E-state index contributed by atoms with van der Waals surface area (Å²) in [4.78, 5) is 13.0. The predicted molar refractivity (Wildman–Crippen MR) is 57.6 cm³/mol. The molecule has 0 unspecified atom stereocenters. The van der Waals surface area contributed by atoms with Crippen LogP contribution in [0, 0.1) is 0 Å². The molecule has 0 amide bonds. The van der Waals surface area contributed by atoms with E-state index >= 15 is 0 Å². The number of benzene rings is 1. The highest BCUT2D eigenvalue weighted by atomic mass is 15.0. The Morgan fingerprint density at radius 1 is 1.13 bits per heavy atom. The van der Waals surface area contributed by atoms with Gasteiger partial charge in [0.2, 0.25) is 0 Å². The Bertz CT molecular complexity index is 767. The summed E-state index contributed by atoms with van der Waals surface area (Å²) in [5, 5.41) is 0.922. The van der Waals surface area contributed by atoms with Gasteiger partial charge in [-0.05, 0) is 24.3 Å². The molecule has 0 aliphatic carbocycles. The maximum absolute atomic E-state index is 4.50. The standard InChI is InChI=1S/C11H6N4/c1-2-9-14-8-4-3-7-10(13-6-12-7)11(8)15(9)5-1/h1-6H. The molecular formula is C11H6N4. The SMILES string of the molecule is C1=Nc2c(ccc3nc4cccn4c23)=N1. The number of nitrogens with zero attached hydrogens (tertiary/aromatic N) is 4. The van der Waals surface area contributed by atoms with E-state index in [0.29, 0.717) is 0 Å². The van der Waals surface area contributed by atoms with Crippen molar-refractivity contribution in [3.63, 3.8) is 0 Å². The summed E-state index contributed by atoms with van der Waals surface area (Å²) in [6, 6.07) is 7.91. The molecule has 0 fully saturated rings. The molecule has 1 aliphatic rings. The van der Waals surface area contributed by atoms with Crippen LogP contribution in [0.4, 0.5) is 5.69 Å². The molecule has 3 aromatic rings. The minimum Gasteiger partial charge on any atom is -0.298 e. The minimum absolute atomic E-state index is 0.922.